The van der Waals surface area contributed by atoms with Crippen LogP contribution in [0.5, 0.6) is 0 Å². The lowest BCUT2D eigenvalue weighted by molar-refractivity contribution is 0.331. The van der Waals surface area contributed by atoms with E-state index in [1.807, 2.05) is 25.1 Å². The third-order valence-electron chi connectivity index (χ3n) is 1.85. The van der Waals surface area contributed by atoms with Gasteiger partial charge in [0.2, 0.25) is 0 Å². The first kappa shape index (κ1) is 10.5. The number of hydrogen-bond acceptors (Lipinski definition) is 1. The molecule has 0 radical (unpaired) electrons. The number of aliphatic hydroxyl groups excluding tert-OH is 1. The molecular weight excluding hydrogens is 228 g/mol. The Bertz CT molecular complexity index is 287. The summed E-state index contributed by atoms with van der Waals surface area (Å²) in [4.78, 5) is 0. The lowest BCUT2D eigenvalue weighted by Crippen LogP contribution is -1.86. The number of benzene rings is 1. The van der Waals surface area contributed by atoms with Crippen molar-refractivity contribution < 1.29 is 5.11 Å². The van der Waals surface area contributed by atoms with E-state index in [2.05, 4.69) is 28.1 Å². The van der Waals surface area contributed by atoms with Crippen molar-refractivity contribution in [1.82, 2.24) is 0 Å². The van der Waals surface area contributed by atoms with E-state index in [1.165, 1.54) is 5.56 Å². The maximum atomic E-state index is 8.78. The molecule has 1 aromatic rings. The second kappa shape index (κ2) is 5.20. The van der Waals surface area contributed by atoms with Crippen molar-refractivity contribution in [3.63, 3.8) is 0 Å². The Morgan fingerprint density at radius 1 is 1.38 bits per heavy atom. The van der Waals surface area contributed by atoms with Crippen LogP contribution >= 0.6 is 15.9 Å². The van der Waals surface area contributed by atoms with E-state index >= 15 is 0 Å². The molecule has 0 unspecified atom stereocenters. The Morgan fingerprint density at radius 3 is 2.54 bits per heavy atom. The summed E-state index contributed by atoms with van der Waals surface area (Å²) < 4.78 is 1.10. The van der Waals surface area contributed by atoms with Crippen LogP contribution in [0.2, 0.25) is 0 Å². The zero-order chi connectivity index (χ0) is 9.68. The fourth-order valence-electron chi connectivity index (χ4n) is 0.977. The van der Waals surface area contributed by atoms with Gasteiger partial charge in [0.1, 0.15) is 0 Å². The SMILES string of the molecule is C/C(=C\Cc1ccc(Br)cc1)CO. The lowest BCUT2D eigenvalue weighted by Gasteiger charge is -1.98. The molecule has 0 aliphatic carbocycles. The highest BCUT2D eigenvalue weighted by Gasteiger charge is 1.91. The van der Waals surface area contributed by atoms with Gasteiger partial charge in [-0.3, -0.25) is 0 Å². The molecule has 13 heavy (non-hydrogen) atoms. The van der Waals surface area contributed by atoms with Gasteiger partial charge in [0.15, 0.2) is 0 Å². The third kappa shape index (κ3) is 3.75. The largest absolute Gasteiger partial charge is 0.392 e. The maximum absolute atomic E-state index is 8.78. The van der Waals surface area contributed by atoms with Crippen molar-refractivity contribution in [2.24, 2.45) is 0 Å². The fraction of sp³-hybridized carbons (Fsp3) is 0.273. The molecule has 1 rings (SSSR count). The van der Waals surface area contributed by atoms with Gasteiger partial charge in [-0.15, -0.1) is 0 Å². The average Bonchev–Trinajstić information content (AvgIpc) is 2.16. The van der Waals surface area contributed by atoms with E-state index in [-0.39, 0.29) is 6.61 Å². The van der Waals surface area contributed by atoms with Gasteiger partial charge in [-0.2, -0.15) is 0 Å². The van der Waals surface area contributed by atoms with Crippen LogP contribution in [0.4, 0.5) is 0 Å². The highest BCUT2D eigenvalue weighted by atomic mass is 79.9. The van der Waals surface area contributed by atoms with Crippen molar-refractivity contribution >= 4 is 15.9 Å². The van der Waals surface area contributed by atoms with Gasteiger partial charge in [-0.25, -0.2) is 0 Å². The highest BCUT2D eigenvalue weighted by molar-refractivity contribution is 9.10. The molecule has 1 aromatic carbocycles. The van der Waals surface area contributed by atoms with Crippen LogP contribution in [-0.4, -0.2) is 11.7 Å². The molecule has 0 atom stereocenters. The molecule has 1 N–H and O–H groups in total. The average molecular weight is 241 g/mol. The number of hydrogen-bond donors (Lipinski definition) is 1. The van der Waals surface area contributed by atoms with Gasteiger partial charge < -0.3 is 5.11 Å². The Labute approximate surface area is 87.2 Å². The summed E-state index contributed by atoms with van der Waals surface area (Å²) in [5.74, 6) is 0. The van der Waals surface area contributed by atoms with Crippen molar-refractivity contribution in [3.8, 4) is 0 Å². The number of allylic oxidation sites excluding steroid dienone is 1. The number of halogens is 1. The van der Waals surface area contributed by atoms with Crippen LogP contribution in [0.15, 0.2) is 40.4 Å². The van der Waals surface area contributed by atoms with Gasteiger partial charge in [-0.1, -0.05) is 39.7 Å². The standard InChI is InChI=1S/C11H13BrO/c1-9(8-13)2-3-10-4-6-11(12)7-5-10/h2,4-7,13H,3,8H2,1H3/b9-2+. The van der Waals surface area contributed by atoms with Crippen LogP contribution in [0.3, 0.4) is 0 Å². The molecule has 1 nitrogen and oxygen atoms in total. The molecule has 0 aliphatic rings. The van der Waals surface area contributed by atoms with Crippen LogP contribution in [0.25, 0.3) is 0 Å². The van der Waals surface area contributed by atoms with E-state index in [0.29, 0.717) is 0 Å². The van der Waals surface area contributed by atoms with Crippen LogP contribution < -0.4 is 0 Å². The minimum absolute atomic E-state index is 0.149. The van der Waals surface area contributed by atoms with Gasteiger partial charge in [0.05, 0.1) is 6.61 Å². The molecule has 0 spiro atoms. The molecule has 0 heterocycles. The molecule has 70 valence electrons. The normalized spacial score (nSPS) is 11.8. The smallest absolute Gasteiger partial charge is 0.0639 e. The Kier molecular flexibility index (Phi) is 4.19. The minimum Gasteiger partial charge on any atom is -0.392 e. The predicted molar refractivity (Wildman–Crippen MR) is 58.7 cm³/mol. The van der Waals surface area contributed by atoms with Gasteiger partial charge in [0.25, 0.3) is 0 Å². The second-order valence-electron chi connectivity index (χ2n) is 3.04. The first-order chi connectivity index (χ1) is 6.22. The number of aliphatic hydroxyl groups is 1. The topological polar surface area (TPSA) is 20.2 Å². The summed E-state index contributed by atoms with van der Waals surface area (Å²) in [6, 6.07) is 8.20. The second-order valence-corrected chi connectivity index (χ2v) is 3.95. The van der Waals surface area contributed by atoms with Crippen molar-refractivity contribution in [1.29, 1.82) is 0 Å². The monoisotopic (exact) mass is 240 g/mol. The lowest BCUT2D eigenvalue weighted by atomic mass is 10.1. The van der Waals surface area contributed by atoms with E-state index in [1.54, 1.807) is 0 Å². The summed E-state index contributed by atoms with van der Waals surface area (Å²) in [6.45, 7) is 2.08. The van der Waals surface area contributed by atoms with Gasteiger partial charge in [-0.05, 0) is 31.0 Å². The minimum atomic E-state index is 0.149. The van der Waals surface area contributed by atoms with E-state index in [4.69, 9.17) is 5.11 Å². The molecule has 0 amide bonds. The summed E-state index contributed by atoms with van der Waals surface area (Å²) in [5.41, 5.74) is 2.28. The molecule has 0 aromatic heterocycles. The molecule has 2 heteroatoms. The molecular formula is C11H13BrO. The molecule has 0 saturated carbocycles. The first-order valence-corrected chi connectivity index (χ1v) is 5.02. The van der Waals surface area contributed by atoms with Crippen LogP contribution in [0.1, 0.15) is 12.5 Å². The summed E-state index contributed by atoms with van der Waals surface area (Å²) >= 11 is 3.38. The molecule has 0 aliphatic heterocycles. The predicted octanol–water partition coefficient (Wildman–Crippen LogP) is 2.93. The summed E-state index contributed by atoms with van der Waals surface area (Å²) in [5, 5.41) is 8.78. The Morgan fingerprint density at radius 2 is 2.00 bits per heavy atom. The Balaban J connectivity index is 2.60. The van der Waals surface area contributed by atoms with Crippen molar-refractivity contribution in [3.05, 3.63) is 46.0 Å². The third-order valence-corrected chi connectivity index (χ3v) is 2.38. The van der Waals surface area contributed by atoms with Crippen molar-refractivity contribution in [2.45, 2.75) is 13.3 Å². The molecule has 0 bridgehead atoms. The number of rotatable bonds is 3. The molecule has 0 saturated heterocycles. The van der Waals surface area contributed by atoms with Crippen LogP contribution in [0, 0.1) is 0 Å². The fourth-order valence-corrected chi connectivity index (χ4v) is 1.24. The van der Waals surface area contributed by atoms with E-state index in [9.17, 15) is 0 Å². The highest BCUT2D eigenvalue weighted by Crippen LogP contribution is 2.11. The first-order valence-electron chi connectivity index (χ1n) is 4.23. The Hall–Kier alpha value is -0.600. The quantitative estimate of drug-likeness (QED) is 0.806. The zero-order valence-electron chi connectivity index (χ0n) is 7.63. The summed E-state index contributed by atoms with van der Waals surface area (Å²) in [6.07, 6.45) is 2.93. The van der Waals surface area contributed by atoms with E-state index < -0.39 is 0 Å². The van der Waals surface area contributed by atoms with Crippen molar-refractivity contribution in [2.75, 3.05) is 6.61 Å². The zero-order valence-corrected chi connectivity index (χ0v) is 9.21. The van der Waals surface area contributed by atoms with Crippen LogP contribution in [-0.2, 0) is 6.42 Å². The summed E-state index contributed by atoms with van der Waals surface area (Å²) in [7, 11) is 0. The maximum Gasteiger partial charge on any atom is 0.0639 e. The van der Waals surface area contributed by atoms with E-state index in [0.717, 1.165) is 16.5 Å². The van der Waals surface area contributed by atoms with Gasteiger partial charge >= 0.3 is 0 Å². The molecule has 0 fully saturated rings. The van der Waals surface area contributed by atoms with Gasteiger partial charge in [0, 0.05) is 4.47 Å².